The summed E-state index contributed by atoms with van der Waals surface area (Å²) in [6, 6.07) is 0. The molecule has 2 heterocycles. The van der Waals surface area contributed by atoms with Crippen LogP contribution in [0.25, 0.3) is 0 Å². The number of guanidine groups is 1. The number of hydrogen-bond acceptors (Lipinski definition) is 3. The van der Waals surface area contributed by atoms with E-state index in [1.807, 2.05) is 0 Å². The van der Waals surface area contributed by atoms with Crippen molar-refractivity contribution in [3.8, 4) is 0 Å². The van der Waals surface area contributed by atoms with Crippen LogP contribution in [0, 0.1) is 0 Å². The van der Waals surface area contributed by atoms with Crippen molar-refractivity contribution >= 4 is 5.96 Å². The van der Waals surface area contributed by atoms with E-state index in [-0.39, 0.29) is 11.9 Å². The van der Waals surface area contributed by atoms with Gasteiger partial charge in [-0.3, -0.25) is 4.99 Å². The molecular formula is C15H27N3O2. The molecule has 114 valence electrons. The fourth-order valence-electron chi connectivity index (χ4n) is 3.48. The Balaban J connectivity index is 1.48. The lowest BCUT2D eigenvalue weighted by Crippen LogP contribution is -2.41. The average Bonchev–Trinajstić information content (AvgIpc) is 2.89. The average molecular weight is 281 g/mol. The molecule has 0 amide bonds. The molecule has 0 aromatic heterocycles. The third-order valence-electron chi connectivity index (χ3n) is 4.67. The van der Waals surface area contributed by atoms with E-state index in [0.29, 0.717) is 19.1 Å². The molecule has 0 unspecified atom stereocenters. The fraction of sp³-hybridized carbons (Fsp3) is 0.933. The second-order valence-corrected chi connectivity index (χ2v) is 6.27. The summed E-state index contributed by atoms with van der Waals surface area (Å²) >= 11 is 0. The van der Waals surface area contributed by atoms with E-state index in [1.54, 1.807) is 0 Å². The molecule has 0 radical (unpaired) electrons. The highest BCUT2D eigenvalue weighted by Crippen LogP contribution is 2.37. The van der Waals surface area contributed by atoms with Crippen molar-refractivity contribution in [2.75, 3.05) is 26.2 Å². The summed E-state index contributed by atoms with van der Waals surface area (Å²) in [5, 5.41) is 0. The number of aliphatic imine (C=N–C) groups is 1. The molecule has 3 aliphatic rings. The van der Waals surface area contributed by atoms with E-state index in [1.165, 1.54) is 38.5 Å². The van der Waals surface area contributed by atoms with Gasteiger partial charge in [-0.1, -0.05) is 6.42 Å². The van der Waals surface area contributed by atoms with Crippen LogP contribution in [0.2, 0.25) is 0 Å². The predicted octanol–water partition coefficient (Wildman–Crippen LogP) is 1.86. The summed E-state index contributed by atoms with van der Waals surface area (Å²) in [4.78, 5) is 6.71. The Morgan fingerprint density at radius 1 is 1.10 bits per heavy atom. The van der Waals surface area contributed by atoms with Crippen molar-refractivity contribution in [3.63, 3.8) is 0 Å². The van der Waals surface area contributed by atoms with Crippen LogP contribution >= 0.6 is 0 Å². The Morgan fingerprint density at radius 3 is 2.55 bits per heavy atom. The standard InChI is InChI=1S/C15H27N3O2/c16-14(18-9-5-2-6-10-18)17-11-13-12-19-15(20-13)7-3-1-4-8-15/h13H,1-12H2,(H2,16,17)/t13-/m0/s1. The van der Waals surface area contributed by atoms with Gasteiger partial charge < -0.3 is 20.1 Å². The first-order chi connectivity index (χ1) is 9.77. The maximum absolute atomic E-state index is 6.12. The zero-order valence-electron chi connectivity index (χ0n) is 12.4. The number of likely N-dealkylation sites (tertiary alicyclic amines) is 1. The van der Waals surface area contributed by atoms with Crippen LogP contribution < -0.4 is 5.73 Å². The van der Waals surface area contributed by atoms with Crippen molar-refractivity contribution in [1.82, 2.24) is 4.90 Å². The molecule has 20 heavy (non-hydrogen) atoms. The molecule has 2 saturated heterocycles. The summed E-state index contributed by atoms with van der Waals surface area (Å²) in [5.74, 6) is 0.385. The van der Waals surface area contributed by atoms with Gasteiger partial charge in [0, 0.05) is 25.9 Å². The van der Waals surface area contributed by atoms with Crippen LogP contribution in [-0.2, 0) is 9.47 Å². The van der Waals surface area contributed by atoms with Gasteiger partial charge >= 0.3 is 0 Å². The smallest absolute Gasteiger partial charge is 0.191 e. The number of ether oxygens (including phenoxy) is 2. The predicted molar refractivity (Wildman–Crippen MR) is 78.6 cm³/mol. The minimum Gasteiger partial charge on any atom is -0.370 e. The summed E-state index contributed by atoms with van der Waals surface area (Å²) in [5.41, 5.74) is 6.08. The Kier molecular flexibility index (Phi) is 4.46. The van der Waals surface area contributed by atoms with Crippen LogP contribution in [0.5, 0.6) is 0 Å². The minimum absolute atomic E-state index is 0.0800. The molecule has 3 rings (SSSR count). The van der Waals surface area contributed by atoms with E-state index in [2.05, 4.69) is 9.89 Å². The van der Waals surface area contributed by atoms with Gasteiger partial charge in [0.2, 0.25) is 0 Å². The molecule has 5 nitrogen and oxygen atoms in total. The normalized spacial score (nSPS) is 30.9. The summed E-state index contributed by atoms with van der Waals surface area (Å²) in [7, 11) is 0. The van der Waals surface area contributed by atoms with Crippen LogP contribution in [0.4, 0.5) is 0 Å². The number of rotatable bonds is 2. The second-order valence-electron chi connectivity index (χ2n) is 6.27. The molecule has 1 atom stereocenters. The number of hydrogen-bond donors (Lipinski definition) is 1. The second kappa shape index (κ2) is 6.31. The molecule has 1 aliphatic carbocycles. The van der Waals surface area contributed by atoms with Gasteiger partial charge in [-0.15, -0.1) is 0 Å². The van der Waals surface area contributed by atoms with Gasteiger partial charge in [0.15, 0.2) is 11.7 Å². The highest BCUT2D eigenvalue weighted by Gasteiger charge is 2.42. The van der Waals surface area contributed by atoms with Crippen molar-refractivity contribution in [1.29, 1.82) is 0 Å². The van der Waals surface area contributed by atoms with Crippen LogP contribution in [-0.4, -0.2) is 49.0 Å². The van der Waals surface area contributed by atoms with Gasteiger partial charge in [-0.05, 0) is 32.1 Å². The number of piperidine rings is 1. The van der Waals surface area contributed by atoms with E-state index in [4.69, 9.17) is 15.2 Å². The molecule has 3 fully saturated rings. The van der Waals surface area contributed by atoms with E-state index >= 15 is 0 Å². The Hall–Kier alpha value is -0.810. The van der Waals surface area contributed by atoms with Crippen LogP contribution in [0.3, 0.4) is 0 Å². The quantitative estimate of drug-likeness (QED) is 0.620. The topological polar surface area (TPSA) is 60.1 Å². The summed E-state index contributed by atoms with van der Waals surface area (Å²) in [6.45, 7) is 3.38. The molecule has 0 aromatic rings. The zero-order valence-corrected chi connectivity index (χ0v) is 12.4. The van der Waals surface area contributed by atoms with Crippen molar-refractivity contribution in [2.45, 2.75) is 63.3 Å². The lowest BCUT2D eigenvalue weighted by Gasteiger charge is -2.31. The first-order valence-corrected chi connectivity index (χ1v) is 8.14. The van der Waals surface area contributed by atoms with Gasteiger partial charge in [-0.2, -0.15) is 0 Å². The molecule has 1 saturated carbocycles. The molecule has 0 aromatic carbocycles. The lowest BCUT2D eigenvalue weighted by molar-refractivity contribution is -0.186. The Labute approximate surface area is 121 Å². The third-order valence-corrected chi connectivity index (χ3v) is 4.67. The molecular weight excluding hydrogens is 254 g/mol. The van der Waals surface area contributed by atoms with E-state index in [0.717, 1.165) is 25.9 Å². The lowest BCUT2D eigenvalue weighted by atomic mass is 9.94. The maximum Gasteiger partial charge on any atom is 0.191 e. The largest absolute Gasteiger partial charge is 0.370 e. The fourth-order valence-corrected chi connectivity index (χ4v) is 3.48. The molecule has 5 heteroatoms. The van der Waals surface area contributed by atoms with Gasteiger partial charge in [0.25, 0.3) is 0 Å². The first kappa shape index (κ1) is 14.1. The number of nitrogens with zero attached hydrogens (tertiary/aromatic N) is 2. The van der Waals surface area contributed by atoms with Crippen molar-refractivity contribution < 1.29 is 9.47 Å². The van der Waals surface area contributed by atoms with Crippen molar-refractivity contribution in [3.05, 3.63) is 0 Å². The van der Waals surface area contributed by atoms with E-state index < -0.39 is 0 Å². The molecule has 1 spiro atoms. The highest BCUT2D eigenvalue weighted by molar-refractivity contribution is 5.78. The van der Waals surface area contributed by atoms with Crippen LogP contribution in [0.15, 0.2) is 4.99 Å². The maximum atomic E-state index is 6.12. The van der Waals surface area contributed by atoms with Crippen molar-refractivity contribution in [2.24, 2.45) is 10.7 Å². The van der Waals surface area contributed by atoms with Crippen LogP contribution in [0.1, 0.15) is 51.4 Å². The number of nitrogens with two attached hydrogens (primary N) is 1. The summed E-state index contributed by atoms with van der Waals surface area (Å²) < 4.78 is 12.1. The van der Waals surface area contributed by atoms with E-state index in [9.17, 15) is 0 Å². The Morgan fingerprint density at radius 2 is 1.80 bits per heavy atom. The highest BCUT2D eigenvalue weighted by atomic mass is 16.7. The van der Waals surface area contributed by atoms with Gasteiger partial charge in [-0.25, -0.2) is 0 Å². The monoisotopic (exact) mass is 281 g/mol. The molecule has 2 N–H and O–H groups in total. The summed E-state index contributed by atoms with van der Waals surface area (Å²) in [6.07, 6.45) is 9.65. The third kappa shape index (κ3) is 3.26. The van der Waals surface area contributed by atoms with Gasteiger partial charge in [0.1, 0.15) is 6.10 Å². The SMILES string of the molecule is NC(=NC[C@H]1COC2(CCCCC2)O1)N1CCCCC1. The van der Waals surface area contributed by atoms with Gasteiger partial charge in [0.05, 0.1) is 13.2 Å². The molecule has 0 bridgehead atoms. The first-order valence-electron chi connectivity index (χ1n) is 8.14. The Bertz CT molecular complexity index is 347. The zero-order chi connectivity index (χ0) is 13.8. The molecule has 2 aliphatic heterocycles. The minimum atomic E-state index is -0.293.